The Morgan fingerprint density at radius 2 is 2.10 bits per heavy atom. The molecule has 0 fully saturated rings. The molecule has 1 aromatic carbocycles. The summed E-state index contributed by atoms with van der Waals surface area (Å²) in [5.41, 5.74) is 2.98. The lowest BCUT2D eigenvalue weighted by molar-refractivity contribution is 0.860. The fraction of sp³-hybridized carbons (Fsp3) is 0.133. The molecule has 1 N–H and O–H groups in total. The van der Waals surface area contributed by atoms with Crippen molar-refractivity contribution in [3.8, 4) is 0 Å². The van der Waals surface area contributed by atoms with Crippen molar-refractivity contribution in [2.75, 3.05) is 0 Å². The maximum atomic E-state index is 12.5. The summed E-state index contributed by atoms with van der Waals surface area (Å²) in [5, 5.41) is 2.79. The van der Waals surface area contributed by atoms with E-state index in [4.69, 9.17) is 6.57 Å². The van der Waals surface area contributed by atoms with Crippen LogP contribution < -0.4 is 5.56 Å². The molecule has 0 saturated carbocycles. The van der Waals surface area contributed by atoms with Crippen LogP contribution in [0.3, 0.4) is 0 Å². The van der Waals surface area contributed by atoms with E-state index in [9.17, 15) is 4.79 Å². The Bertz CT molecular complexity index is 869. The van der Waals surface area contributed by atoms with Gasteiger partial charge in [0.2, 0.25) is 5.69 Å². The van der Waals surface area contributed by atoms with Gasteiger partial charge in [0.15, 0.2) is 5.65 Å². The monoisotopic (exact) mass is 264 g/mol. The number of fused-ring (bicyclic) bond motifs is 1. The van der Waals surface area contributed by atoms with Crippen molar-refractivity contribution in [2.45, 2.75) is 13.3 Å². The number of hydrogen-bond donors (Lipinski definition) is 1. The first-order chi connectivity index (χ1) is 9.70. The Morgan fingerprint density at radius 3 is 2.80 bits per heavy atom. The normalized spacial score (nSPS) is 10.6. The van der Waals surface area contributed by atoms with Gasteiger partial charge >= 0.3 is 0 Å². The predicted molar refractivity (Wildman–Crippen MR) is 76.1 cm³/mol. The van der Waals surface area contributed by atoms with Gasteiger partial charge < -0.3 is 5.10 Å². The molecule has 0 unspecified atom stereocenters. The molecule has 5 heteroatoms. The number of nitrogens with one attached hydrogen (secondary N) is 1. The molecule has 98 valence electrons. The molecule has 3 rings (SSSR count). The van der Waals surface area contributed by atoms with Crippen LogP contribution in [-0.2, 0) is 6.42 Å². The summed E-state index contributed by atoms with van der Waals surface area (Å²) in [6, 6.07) is 9.79. The van der Waals surface area contributed by atoms with Crippen LogP contribution in [0.1, 0.15) is 16.8 Å². The van der Waals surface area contributed by atoms with Crippen LogP contribution in [0.15, 0.2) is 41.3 Å². The second-order valence-corrected chi connectivity index (χ2v) is 4.57. The average molecular weight is 264 g/mol. The highest BCUT2D eigenvalue weighted by Gasteiger charge is 2.13. The highest BCUT2D eigenvalue weighted by Crippen LogP contribution is 2.18. The standard InChI is InChI=1S/C15H12N4O/c1-10-12(8-11-6-4-3-5-7-11)15(20)19-14(18-10)13(16-2)9-17-19/h3-7,9,17H,8H2,1H3. The summed E-state index contributed by atoms with van der Waals surface area (Å²) >= 11 is 0. The summed E-state index contributed by atoms with van der Waals surface area (Å²) in [7, 11) is 0. The second-order valence-electron chi connectivity index (χ2n) is 4.57. The Balaban J connectivity index is 2.18. The van der Waals surface area contributed by atoms with Crippen molar-refractivity contribution in [3.63, 3.8) is 0 Å². The van der Waals surface area contributed by atoms with Gasteiger partial charge in [-0.1, -0.05) is 30.3 Å². The smallest absolute Gasteiger partial charge is 0.275 e. The number of aryl methyl sites for hydroxylation is 1. The fourth-order valence-electron chi connectivity index (χ4n) is 2.23. The Morgan fingerprint density at radius 1 is 1.35 bits per heavy atom. The third kappa shape index (κ3) is 1.88. The first-order valence-corrected chi connectivity index (χ1v) is 6.21. The number of nitrogens with zero attached hydrogens (tertiary/aromatic N) is 3. The zero-order valence-electron chi connectivity index (χ0n) is 10.9. The summed E-state index contributed by atoms with van der Waals surface area (Å²) in [6.45, 7) is 8.87. The van der Waals surface area contributed by atoms with Crippen LogP contribution >= 0.6 is 0 Å². The Hall–Kier alpha value is -2.87. The molecular formula is C15H12N4O. The molecule has 0 amide bonds. The number of H-pyrrole nitrogens is 1. The summed E-state index contributed by atoms with van der Waals surface area (Å²) in [5.74, 6) is 0. The summed E-state index contributed by atoms with van der Waals surface area (Å²) < 4.78 is 1.33. The minimum atomic E-state index is -0.147. The van der Waals surface area contributed by atoms with E-state index < -0.39 is 0 Å². The minimum Gasteiger partial charge on any atom is -0.308 e. The number of hydrogen-bond acceptors (Lipinski definition) is 2. The predicted octanol–water partition coefficient (Wildman–Crippen LogP) is 2.47. The number of aromatic nitrogens is 3. The highest BCUT2D eigenvalue weighted by molar-refractivity contribution is 5.67. The van der Waals surface area contributed by atoms with Gasteiger partial charge in [-0.15, -0.1) is 0 Å². The number of rotatable bonds is 2. The zero-order chi connectivity index (χ0) is 14.1. The maximum absolute atomic E-state index is 12.5. The molecule has 0 aliphatic heterocycles. The van der Waals surface area contributed by atoms with Crippen LogP contribution in [0.5, 0.6) is 0 Å². The van der Waals surface area contributed by atoms with E-state index in [0.717, 1.165) is 5.56 Å². The van der Waals surface area contributed by atoms with E-state index in [1.54, 1.807) is 6.92 Å². The molecule has 5 nitrogen and oxygen atoms in total. The number of benzene rings is 1. The molecule has 0 aliphatic rings. The molecule has 2 aromatic heterocycles. The second kappa shape index (κ2) is 4.67. The van der Waals surface area contributed by atoms with Crippen molar-refractivity contribution >= 4 is 11.3 Å². The van der Waals surface area contributed by atoms with Gasteiger partial charge in [0.05, 0.1) is 6.57 Å². The molecule has 0 bridgehead atoms. The van der Waals surface area contributed by atoms with Crippen molar-refractivity contribution in [3.05, 3.63) is 75.1 Å². The van der Waals surface area contributed by atoms with Gasteiger partial charge in [-0.05, 0) is 12.5 Å². The molecule has 0 aliphatic carbocycles. The first kappa shape index (κ1) is 12.2. The van der Waals surface area contributed by atoms with E-state index in [-0.39, 0.29) is 5.56 Å². The van der Waals surface area contributed by atoms with Gasteiger partial charge in [0.1, 0.15) is 0 Å². The molecule has 2 heterocycles. The largest absolute Gasteiger partial charge is 0.308 e. The average Bonchev–Trinajstić information content (AvgIpc) is 2.87. The van der Waals surface area contributed by atoms with Crippen molar-refractivity contribution in [2.24, 2.45) is 0 Å². The van der Waals surface area contributed by atoms with Gasteiger partial charge in [-0.25, -0.2) is 14.3 Å². The molecule has 0 atom stereocenters. The summed E-state index contributed by atoms with van der Waals surface area (Å²) in [6.07, 6.45) is 2.04. The van der Waals surface area contributed by atoms with E-state index in [1.807, 2.05) is 30.3 Å². The molecule has 0 spiro atoms. The van der Waals surface area contributed by atoms with Gasteiger partial charge in [-0.2, -0.15) is 0 Å². The first-order valence-electron chi connectivity index (χ1n) is 6.21. The maximum Gasteiger partial charge on any atom is 0.275 e. The van der Waals surface area contributed by atoms with Crippen LogP contribution in [0.4, 0.5) is 5.69 Å². The summed E-state index contributed by atoms with van der Waals surface area (Å²) in [4.78, 5) is 20.2. The quantitative estimate of drug-likeness (QED) is 0.723. The van der Waals surface area contributed by atoms with Crippen LogP contribution in [-0.4, -0.2) is 14.6 Å². The molecule has 0 radical (unpaired) electrons. The zero-order valence-corrected chi connectivity index (χ0v) is 10.9. The number of aromatic amines is 1. The minimum absolute atomic E-state index is 0.147. The third-order valence-electron chi connectivity index (χ3n) is 3.29. The van der Waals surface area contributed by atoms with Crippen LogP contribution in [0.25, 0.3) is 10.5 Å². The van der Waals surface area contributed by atoms with Gasteiger partial charge in [-0.3, -0.25) is 4.79 Å². The highest BCUT2D eigenvalue weighted by atomic mass is 16.1. The lowest BCUT2D eigenvalue weighted by Crippen LogP contribution is -2.22. The SMILES string of the molecule is [C-]#[N+]c1c[nH]n2c(=O)c(Cc3ccccc3)c(C)nc12. The van der Waals surface area contributed by atoms with Crippen LogP contribution in [0.2, 0.25) is 0 Å². The van der Waals surface area contributed by atoms with Crippen molar-refractivity contribution in [1.29, 1.82) is 0 Å². The Kier molecular flexibility index (Phi) is 2.84. The Labute approximate surface area is 115 Å². The third-order valence-corrected chi connectivity index (χ3v) is 3.29. The molecular weight excluding hydrogens is 252 g/mol. The van der Waals surface area contributed by atoms with E-state index in [2.05, 4.69) is 14.9 Å². The topological polar surface area (TPSA) is 54.5 Å². The van der Waals surface area contributed by atoms with Gasteiger partial charge in [0.25, 0.3) is 5.56 Å². The molecule has 20 heavy (non-hydrogen) atoms. The van der Waals surface area contributed by atoms with Gasteiger partial charge in [0, 0.05) is 23.9 Å². The van der Waals surface area contributed by atoms with Crippen LogP contribution in [0, 0.1) is 13.5 Å². The lowest BCUT2D eigenvalue weighted by atomic mass is 10.1. The van der Waals surface area contributed by atoms with Crippen molar-refractivity contribution in [1.82, 2.24) is 14.6 Å². The molecule has 0 saturated heterocycles. The fourth-order valence-corrected chi connectivity index (χ4v) is 2.23. The molecule has 3 aromatic rings. The van der Waals surface area contributed by atoms with Crippen molar-refractivity contribution < 1.29 is 0 Å². The van der Waals surface area contributed by atoms with E-state index >= 15 is 0 Å². The van der Waals surface area contributed by atoms with E-state index in [0.29, 0.717) is 29.0 Å². The lowest BCUT2D eigenvalue weighted by Gasteiger charge is -2.06. The van der Waals surface area contributed by atoms with E-state index in [1.165, 1.54) is 10.7 Å².